The summed E-state index contributed by atoms with van der Waals surface area (Å²) in [5.74, 6) is 0. The van der Waals surface area contributed by atoms with Crippen molar-refractivity contribution in [1.29, 1.82) is 15.8 Å². The fourth-order valence-electron chi connectivity index (χ4n) is 7.85. The fraction of sp³-hybridized carbons (Fsp3) is 0. The molecular formula is C45H23N5O. The molecule has 0 saturated carbocycles. The number of nitriles is 3. The van der Waals surface area contributed by atoms with E-state index in [4.69, 9.17) is 4.42 Å². The number of nitrogens with zero attached hydrogens (tertiary/aromatic N) is 5. The van der Waals surface area contributed by atoms with E-state index in [9.17, 15) is 15.8 Å². The first kappa shape index (κ1) is 28.4. The summed E-state index contributed by atoms with van der Waals surface area (Å²) in [5.41, 5.74) is 10.5. The minimum Gasteiger partial charge on any atom is -0.455 e. The van der Waals surface area contributed by atoms with Crippen LogP contribution in [0.2, 0.25) is 0 Å². The molecule has 0 atom stereocenters. The van der Waals surface area contributed by atoms with Gasteiger partial charge in [0.25, 0.3) is 0 Å². The molecule has 6 heteroatoms. The minimum absolute atomic E-state index is 0.517. The van der Waals surface area contributed by atoms with Crippen molar-refractivity contribution < 1.29 is 4.42 Å². The number of furan rings is 1. The molecule has 51 heavy (non-hydrogen) atoms. The van der Waals surface area contributed by atoms with Gasteiger partial charge in [-0.25, -0.2) is 0 Å². The summed E-state index contributed by atoms with van der Waals surface area (Å²) >= 11 is 0. The van der Waals surface area contributed by atoms with Crippen LogP contribution in [0.4, 0.5) is 0 Å². The highest BCUT2D eigenvalue weighted by Crippen LogP contribution is 2.49. The van der Waals surface area contributed by atoms with Crippen LogP contribution in [0.3, 0.4) is 0 Å². The molecule has 7 aromatic carbocycles. The maximum absolute atomic E-state index is 10.7. The number of rotatable bonds is 3. The predicted octanol–water partition coefficient (Wildman–Crippen LogP) is 11.1. The average Bonchev–Trinajstić information content (AvgIpc) is 3.85. The van der Waals surface area contributed by atoms with Gasteiger partial charge in [-0.3, -0.25) is 0 Å². The Morgan fingerprint density at radius 2 is 1.10 bits per heavy atom. The van der Waals surface area contributed by atoms with Gasteiger partial charge in [-0.1, -0.05) is 78.9 Å². The Morgan fingerprint density at radius 1 is 0.471 bits per heavy atom. The van der Waals surface area contributed by atoms with Crippen LogP contribution in [0, 0.1) is 34.0 Å². The molecule has 0 saturated heterocycles. The van der Waals surface area contributed by atoms with Crippen molar-refractivity contribution in [3.05, 3.63) is 156 Å². The van der Waals surface area contributed by atoms with Crippen LogP contribution in [0.5, 0.6) is 0 Å². The summed E-state index contributed by atoms with van der Waals surface area (Å²) in [5, 5.41) is 36.0. The normalized spacial score (nSPS) is 11.5. The van der Waals surface area contributed by atoms with Gasteiger partial charge in [0.1, 0.15) is 17.2 Å². The van der Waals surface area contributed by atoms with E-state index < -0.39 is 0 Å². The first-order valence-corrected chi connectivity index (χ1v) is 16.5. The van der Waals surface area contributed by atoms with E-state index in [2.05, 4.69) is 63.7 Å². The lowest BCUT2D eigenvalue weighted by Crippen LogP contribution is -1.99. The minimum atomic E-state index is 0.517. The van der Waals surface area contributed by atoms with Crippen molar-refractivity contribution >= 4 is 65.6 Å². The molecule has 10 rings (SSSR count). The molecule has 6 nitrogen and oxygen atoms in total. The second kappa shape index (κ2) is 10.7. The molecule has 10 aromatic rings. The molecule has 0 aliphatic rings. The summed E-state index contributed by atoms with van der Waals surface area (Å²) in [6, 6.07) is 52.9. The molecule has 0 radical (unpaired) electrons. The molecule has 0 fully saturated rings. The molecule has 3 heterocycles. The van der Waals surface area contributed by atoms with E-state index in [1.54, 1.807) is 12.1 Å². The zero-order valence-corrected chi connectivity index (χ0v) is 26.9. The predicted molar refractivity (Wildman–Crippen MR) is 202 cm³/mol. The number of fused-ring (bicyclic) bond motifs is 12. The Morgan fingerprint density at radius 3 is 1.84 bits per heavy atom. The molecule has 3 aromatic heterocycles. The van der Waals surface area contributed by atoms with E-state index in [0.717, 1.165) is 88.1 Å². The first-order chi connectivity index (χ1) is 25.2. The molecular weight excluding hydrogens is 627 g/mol. The summed E-state index contributed by atoms with van der Waals surface area (Å²) in [7, 11) is 0. The standard InChI is InChI=1S/C45H23N5O/c46-24-27-16-18-29(19-17-27)30-20-21-36(31(23-30)26-48)50-38-14-5-1-10-33(38)40-43-41(45-42(44(40)50)35-12-3-6-15-39(35)51-45)34-11-2-4-13-37(34)49(43)32-9-7-8-28(22-32)25-47/h1-23H. The third-order valence-corrected chi connectivity index (χ3v) is 9.98. The summed E-state index contributed by atoms with van der Waals surface area (Å²) in [6.07, 6.45) is 0. The monoisotopic (exact) mass is 649 g/mol. The Kier molecular flexibility index (Phi) is 5.97. The zero-order valence-electron chi connectivity index (χ0n) is 26.9. The quantitative estimate of drug-likeness (QED) is 0.190. The van der Waals surface area contributed by atoms with Crippen LogP contribution in [0.1, 0.15) is 16.7 Å². The lowest BCUT2D eigenvalue weighted by molar-refractivity contribution is 0.673. The van der Waals surface area contributed by atoms with Crippen LogP contribution in [-0.4, -0.2) is 9.13 Å². The molecule has 0 aliphatic heterocycles. The lowest BCUT2D eigenvalue weighted by Gasteiger charge is -2.13. The van der Waals surface area contributed by atoms with Crippen LogP contribution in [0.25, 0.3) is 88.1 Å². The van der Waals surface area contributed by atoms with Crippen molar-refractivity contribution in [2.24, 2.45) is 0 Å². The number of hydrogen-bond acceptors (Lipinski definition) is 4. The van der Waals surface area contributed by atoms with Gasteiger partial charge in [-0.15, -0.1) is 0 Å². The molecule has 0 amide bonds. The van der Waals surface area contributed by atoms with E-state index in [1.807, 2.05) is 91.0 Å². The maximum atomic E-state index is 10.7. The van der Waals surface area contributed by atoms with Crippen LogP contribution in [-0.2, 0) is 0 Å². The molecule has 0 spiro atoms. The van der Waals surface area contributed by atoms with Crippen molar-refractivity contribution in [3.63, 3.8) is 0 Å². The molecule has 0 N–H and O–H groups in total. The second-order valence-corrected chi connectivity index (χ2v) is 12.6. The Labute approximate surface area is 291 Å². The highest BCUT2D eigenvalue weighted by atomic mass is 16.3. The largest absolute Gasteiger partial charge is 0.455 e. The molecule has 234 valence electrons. The average molecular weight is 650 g/mol. The Hall–Kier alpha value is -7.59. The third-order valence-electron chi connectivity index (χ3n) is 9.98. The van der Waals surface area contributed by atoms with Gasteiger partial charge in [0.05, 0.1) is 67.4 Å². The Bertz CT molecular complexity index is 3230. The zero-order chi connectivity index (χ0) is 34.2. The first-order valence-electron chi connectivity index (χ1n) is 16.5. The van der Waals surface area contributed by atoms with Crippen molar-refractivity contribution in [2.45, 2.75) is 0 Å². The van der Waals surface area contributed by atoms with E-state index in [-0.39, 0.29) is 0 Å². The van der Waals surface area contributed by atoms with Gasteiger partial charge in [-0.05, 0) is 71.8 Å². The van der Waals surface area contributed by atoms with Crippen molar-refractivity contribution in [1.82, 2.24) is 9.13 Å². The number of benzene rings is 7. The third kappa shape index (κ3) is 3.95. The number of aromatic nitrogens is 2. The van der Waals surface area contributed by atoms with Crippen LogP contribution < -0.4 is 0 Å². The Balaban J connectivity index is 1.44. The summed E-state index contributed by atoms with van der Waals surface area (Å²) in [4.78, 5) is 0. The van der Waals surface area contributed by atoms with Gasteiger partial charge >= 0.3 is 0 Å². The van der Waals surface area contributed by atoms with Gasteiger partial charge in [-0.2, -0.15) is 15.8 Å². The number of hydrogen-bond donors (Lipinski definition) is 0. The van der Waals surface area contributed by atoms with Crippen LogP contribution in [0.15, 0.2) is 144 Å². The van der Waals surface area contributed by atoms with Gasteiger partial charge in [0, 0.05) is 27.2 Å². The highest BCUT2D eigenvalue weighted by molar-refractivity contribution is 6.39. The molecule has 0 bridgehead atoms. The summed E-state index contributed by atoms with van der Waals surface area (Å²) < 4.78 is 11.3. The number of para-hydroxylation sites is 3. The molecule has 0 unspecified atom stereocenters. The lowest BCUT2D eigenvalue weighted by atomic mass is 10.0. The smallest absolute Gasteiger partial charge is 0.147 e. The fourth-order valence-corrected chi connectivity index (χ4v) is 7.85. The highest BCUT2D eigenvalue weighted by Gasteiger charge is 2.28. The van der Waals surface area contributed by atoms with Gasteiger partial charge in [0.2, 0.25) is 0 Å². The van der Waals surface area contributed by atoms with Crippen molar-refractivity contribution in [2.75, 3.05) is 0 Å². The SMILES string of the molecule is N#Cc1ccc(-c2ccc(-n3c4ccccc4c4c5c(c6ccccc6n5-c5cccc(C#N)c5)c5oc6ccccc6c5c43)c(C#N)c2)cc1. The van der Waals surface area contributed by atoms with E-state index in [1.165, 1.54) is 0 Å². The van der Waals surface area contributed by atoms with Crippen LogP contribution >= 0.6 is 0 Å². The topological polar surface area (TPSA) is 94.4 Å². The second-order valence-electron chi connectivity index (χ2n) is 12.6. The van der Waals surface area contributed by atoms with Gasteiger partial charge < -0.3 is 13.6 Å². The summed E-state index contributed by atoms with van der Waals surface area (Å²) in [6.45, 7) is 0. The van der Waals surface area contributed by atoms with Gasteiger partial charge in [0.15, 0.2) is 0 Å². The molecule has 0 aliphatic carbocycles. The van der Waals surface area contributed by atoms with Crippen molar-refractivity contribution in [3.8, 4) is 40.7 Å². The van der Waals surface area contributed by atoms with E-state index >= 15 is 0 Å². The van der Waals surface area contributed by atoms with E-state index in [0.29, 0.717) is 16.7 Å². The maximum Gasteiger partial charge on any atom is 0.147 e.